The van der Waals surface area contributed by atoms with E-state index in [4.69, 9.17) is 0 Å². The largest absolute Gasteiger partial charge is 0.352 e. The number of nitrogens with one attached hydrogen (secondary N) is 1. The lowest BCUT2D eigenvalue weighted by atomic mass is 10.1. The number of amides is 1. The molecular formula is C18H23N3O2. The van der Waals surface area contributed by atoms with Crippen LogP contribution in [0.1, 0.15) is 52.2 Å². The van der Waals surface area contributed by atoms with Crippen molar-refractivity contribution in [2.75, 3.05) is 6.54 Å². The fraction of sp³-hybridized carbons (Fsp3) is 0.389. The number of carbonyl (C=O) groups is 2. The van der Waals surface area contributed by atoms with E-state index in [0.29, 0.717) is 18.5 Å². The summed E-state index contributed by atoms with van der Waals surface area (Å²) in [6, 6.07) is 11.1. The highest BCUT2D eigenvalue weighted by molar-refractivity contribution is 5.94. The molecule has 0 saturated carbocycles. The van der Waals surface area contributed by atoms with Crippen LogP contribution < -0.4 is 5.32 Å². The van der Waals surface area contributed by atoms with Crippen LogP contribution in [0.15, 0.2) is 36.4 Å². The molecule has 0 radical (unpaired) electrons. The zero-order valence-electron chi connectivity index (χ0n) is 13.7. The molecule has 5 nitrogen and oxygen atoms in total. The van der Waals surface area contributed by atoms with Gasteiger partial charge in [0.05, 0.1) is 5.69 Å². The Morgan fingerprint density at radius 3 is 2.48 bits per heavy atom. The van der Waals surface area contributed by atoms with Gasteiger partial charge in [0.2, 0.25) is 5.91 Å². The van der Waals surface area contributed by atoms with Crippen molar-refractivity contribution in [1.29, 1.82) is 0 Å². The second-order valence-corrected chi connectivity index (χ2v) is 5.67. The predicted molar refractivity (Wildman–Crippen MR) is 89.6 cm³/mol. The van der Waals surface area contributed by atoms with E-state index < -0.39 is 0 Å². The molecule has 0 saturated heterocycles. The van der Waals surface area contributed by atoms with Crippen molar-refractivity contribution in [2.45, 2.75) is 39.5 Å². The summed E-state index contributed by atoms with van der Waals surface area (Å²) in [4.78, 5) is 23.9. The van der Waals surface area contributed by atoms with E-state index in [9.17, 15) is 9.59 Å². The molecule has 0 aliphatic carbocycles. The standard InChI is InChI=1S/C18H23N3O2/c1-14-13-15(2)21(20-14)17(22)11-7-4-8-12-19-18(23)16-9-5-3-6-10-16/h3,5-6,9-10,13H,4,7-8,11-12H2,1-2H3,(H,19,23). The Morgan fingerprint density at radius 1 is 1.09 bits per heavy atom. The first kappa shape index (κ1) is 16.9. The Morgan fingerprint density at radius 2 is 1.83 bits per heavy atom. The summed E-state index contributed by atoms with van der Waals surface area (Å²) >= 11 is 0. The van der Waals surface area contributed by atoms with Crippen molar-refractivity contribution in [1.82, 2.24) is 15.1 Å². The van der Waals surface area contributed by atoms with Crippen LogP contribution in [0.3, 0.4) is 0 Å². The second kappa shape index (κ2) is 8.27. The molecule has 1 amide bonds. The smallest absolute Gasteiger partial charge is 0.251 e. The van der Waals surface area contributed by atoms with Crippen LogP contribution >= 0.6 is 0 Å². The molecule has 0 spiro atoms. The zero-order chi connectivity index (χ0) is 16.7. The molecule has 2 rings (SSSR count). The van der Waals surface area contributed by atoms with Crippen LogP contribution in [0.25, 0.3) is 0 Å². The third-order valence-electron chi connectivity index (χ3n) is 3.63. The number of hydrogen-bond acceptors (Lipinski definition) is 3. The molecule has 1 aromatic heterocycles. The van der Waals surface area contributed by atoms with Gasteiger partial charge >= 0.3 is 0 Å². The first-order valence-electron chi connectivity index (χ1n) is 7.97. The van der Waals surface area contributed by atoms with E-state index in [2.05, 4.69) is 10.4 Å². The van der Waals surface area contributed by atoms with Gasteiger partial charge in [-0.3, -0.25) is 9.59 Å². The van der Waals surface area contributed by atoms with Gasteiger partial charge < -0.3 is 5.32 Å². The molecule has 1 aromatic carbocycles. The molecule has 2 aromatic rings. The van der Waals surface area contributed by atoms with Crippen molar-refractivity contribution >= 4 is 11.8 Å². The highest BCUT2D eigenvalue weighted by Crippen LogP contribution is 2.06. The maximum Gasteiger partial charge on any atom is 0.251 e. The molecule has 23 heavy (non-hydrogen) atoms. The Hall–Kier alpha value is -2.43. The van der Waals surface area contributed by atoms with Gasteiger partial charge in [0.1, 0.15) is 0 Å². The lowest BCUT2D eigenvalue weighted by Crippen LogP contribution is -2.24. The molecule has 0 atom stereocenters. The van der Waals surface area contributed by atoms with Crippen LogP contribution in [-0.2, 0) is 0 Å². The Bertz CT molecular complexity index is 662. The van der Waals surface area contributed by atoms with Crippen molar-refractivity contribution in [3.63, 3.8) is 0 Å². The predicted octanol–water partition coefficient (Wildman–Crippen LogP) is 3.13. The molecule has 1 heterocycles. The number of hydrogen-bond donors (Lipinski definition) is 1. The fourth-order valence-electron chi connectivity index (χ4n) is 2.46. The van der Waals surface area contributed by atoms with Crippen LogP contribution in [0.5, 0.6) is 0 Å². The van der Waals surface area contributed by atoms with E-state index in [1.807, 2.05) is 38.1 Å². The molecule has 0 bridgehead atoms. The number of rotatable bonds is 7. The van der Waals surface area contributed by atoms with Gasteiger partial charge in [0.15, 0.2) is 0 Å². The van der Waals surface area contributed by atoms with Crippen LogP contribution in [0, 0.1) is 13.8 Å². The van der Waals surface area contributed by atoms with Crippen molar-refractivity contribution in [3.8, 4) is 0 Å². The summed E-state index contributed by atoms with van der Waals surface area (Å²) in [5.41, 5.74) is 2.41. The molecule has 0 aliphatic rings. The van der Waals surface area contributed by atoms with Gasteiger partial charge in [0, 0.05) is 24.2 Å². The lowest BCUT2D eigenvalue weighted by molar-refractivity contribution is 0.0878. The molecule has 5 heteroatoms. The number of aryl methyl sites for hydroxylation is 2. The van der Waals surface area contributed by atoms with E-state index in [0.717, 1.165) is 30.7 Å². The molecule has 1 N–H and O–H groups in total. The van der Waals surface area contributed by atoms with Crippen molar-refractivity contribution in [3.05, 3.63) is 53.3 Å². The van der Waals surface area contributed by atoms with Gasteiger partial charge in [0.25, 0.3) is 5.91 Å². The van der Waals surface area contributed by atoms with E-state index in [1.54, 1.807) is 12.1 Å². The maximum atomic E-state index is 12.0. The first-order valence-corrected chi connectivity index (χ1v) is 7.97. The Labute approximate surface area is 136 Å². The van der Waals surface area contributed by atoms with Gasteiger partial charge in [-0.15, -0.1) is 0 Å². The third kappa shape index (κ3) is 5.06. The number of carbonyl (C=O) groups excluding carboxylic acids is 2. The summed E-state index contributed by atoms with van der Waals surface area (Å²) in [5, 5.41) is 7.08. The minimum Gasteiger partial charge on any atom is -0.352 e. The highest BCUT2D eigenvalue weighted by atomic mass is 16.2. The van der Waals surface area contributed by atoms with E-state index in [1.165, 1.54) is 4.68 Å². The summed E-state index contributed by atoms with van der Waals surface area (Å²) in [7, 11) is 0. The van der Waals surface area contributed by atoms with Crippen LogP contribution in [-0.4, -0.2) is 28.1 Å². The van der Waals surface area contributed by atoms with Gasteiger partial charge in [-0.05, 0) is 44.9 Å². The summed E-state index contributed by atoms with van der Waals surface area (Å²) in [6.45, 7) is 4.39. The van der Waals surface area contributed by atoms with Crippen LogP contribution in [0.4, 0.5) is 0 Å². The Balaban J connectivity index is 1.62. The molecule has 0 aliphatic heterocycles. The fourth-order valence-corrected chi connectivity index (χ4v) is 2.46. The van der Waals surface area contributed by atoms with E-state index in [-0.39, 0.29) is 11.8 Å². The number of nitrogens with zero attached hydrogens (tertiary/aromatic N) is 2. The average molecular weight is 313 g/mol. The highest BCUT2D eigenvalue weighted by Gasteiger charge is 2.09. The quantitative estimate of drug-likeness (QED) is 0.799. The second-order valence-electron chi connectivity index (χ2n) is 5.67. The van der Waals surface area contributed by atoms with E-state index >= 15 is 0 Å². The van der Waals surface area contributed by atoms with Crippen LogP contribution in [0.2, 0.25) is 0 Å². The number of unbranched alkanes of at least 4 members (excludes halogenated alkanes) is 2. The van der Waals surface area contributed by atoms with Crippen molar-refractivity contribution < 1.29 is 9.59 Å². The Kier molecular flexibility index (Phi) is 6.09. The minimum atomic E-state index is -0.0516. The molecular weight excluding hydrogens is 290 g/mol. The van der Waals surface area contributed by atoms with Crippen molar-refractivity contribution in [2.24, 2.45) is 0 Å². The van der Waals surface area contributed by atoms with Gasteiger partial charge in [-0.2, -0.15) is 5.10 Å². The maximum absolute atomic E-state index is 12.0. The normalized spacial score (nSPS) is 10.5. The lowest BCUT2D eigenvalue weighted by Gasteiger charge is -2.05. The molecule has 122 valence electrons. The minimum absolute atomic E-state index is 0.0314. The summed E-state index contributed by atoms with van der Waals surface area (Å²) in [6.07, 6.45) is 3.05. The first-order chi connectivity index (χ1) is 11.1. The van der Waals surface area contributed by atoms with Gasteiger partial charge in [-0.25, -0.2) is 4.68 Å². The third-order valence-corrected chi connectivity index (χ3v) is 3.63. The SMILES string of the molecule is Cc1cc(C)n(C(=O)CCCCCNC(=O)c2ccccc2)n1. The number of aromatic nitrogens is 2. The molecule has 0 unspecified atom stereocenters. The zero-order valence-corrected chi connectivity index (χ0v) is 13.7. The monoisotopic (exact) mass is 313 g/mol. The topological polar surface area (TPSA) is 64.0 Å². The summed E-state index contributed by atoms with van der Waals surface area (Å²) < 4.78 is 1.48. The van der Waals surface area contributed by atoms with Gasteiger partial charge in [-0.1, -0.05) is 24.6 Å². The average Bonchev–Trinajstić information content (AvgIpc) is 2.89. The molecule has 0 fully saturated rings. The summed E-state index contributed by atoms with van der Waals surface area (Å²) in [5.74, 6) is -0.0201. The number of benzene rings is 1.